The van der Waals surface area contributed by atoms with E-state index in [-0.39, 0.29) is 6.04 Å². The summed E-state index contributed by atoms with van der Waals surface area (Å²) in [5, 5.41) is 0. The second-order valence-corrected chi connectivity index (χ2v) is 7.76. The van der Waals surface area contributed by atoms with E-state index in [2.05, 4.69) is 11.8 Å². The van der Waals surface area contributed by atoms with Gasteiger partial charge < -0.3 is 14.7 Å². The average Bonchev–Trinajstić information content (AvgIpc) is 2.62. The van der Waals surface area contributed by atoms with Crippen molar-refractivity contribution in [2.24, 2.45) is 0 Å². The van der Waals surface area contributed by atoms with E-state index in [0.717, 1.165) is 19.1 Å². The molecular weight excluding hydrogens is 274 g/mol. The van der Waals surface area contributed by atoms with Crippen LogP contribution in [-0.4, -0.2) is 62.2 Å². The summed E-state index contributed by atoms with van der Waals surface area (Å²) in [6.07, 6.45) is 10.6. The Kier molecular flexibility index (Phi) is 5.75. The Labute approximate surface area is 135 Å². The minimum atomic E-state index is 0.176. The second kappa shape index (κ2) is 7.78. The molecule has 2 N–H and O–H groups in total. The van der Waals surface area contributed by atoms with Crippen LogP contribution in [0.5, 0.6) is 0 Å². The smallest absolute Gasteiger partial charge is 0.280 e. The predicted molar refractivity (Wildman–Crippen MR) is 88.2 cm³/mol. The number of hydrogen-bond donors (Lipinski definition) is 2. The Bertz CT molecular complexity index is 353. The molecule has 0 radical (unpaired) electrons. The maximum absolute atomic E-state index is 12.7. The van der Waals surface area contributed by atoms with Crippen molar-refractivity contribution in [3.05, 3.63) is 0 Å². The lowest BCUT2D eigenvalue weighted by Gasteiger charge is -2.38. The first-order valence-electron chi connectivity index (χ1n) is 9.73. The summed E-state index contributed by atoms with van der Waals surface area (Å²) in [4.78, 5) is 18.2. The molecule has 3 fully saturated rings. The molecule has 3 heterocycles. The van der Waals surface area contributed by atoms with Crippen molar-refractivity contribution in [3.63, 3.8) is 0 Å². The first kappa shape index (κ1) is 16.3. The summed E-state index contributed by atoms with van der Waals surface area (Å²) in [6, 6.07) is 1.05. The fourth-order valence-corrected chi connectivity index (χ4v) is 4.81. The molecule has 0 aliphatic carbocycles. The van der Waals surface area contributed by atoms with Crippen LogP contribution in [0.1, 0.15) is 58.3 Å². The van der Waals surface area contributed by atoms with Gasteiger partial charge in [-0.3, -0.25) is 4.79 Å². The van der Waals surface area contributed by atoms with Gasteiger partial charge in [-0.1, -0.05) is 0 Å². The van der Waals surface area contributed by atoms with Crippen LogP contribution in [0.15, 0.2) is 0 Å². The van der Waals surface area contributed by atoms with Crippen molar-refractivity contribution in [2.75, 3.05) is 39.3 Å². The van der Waals surface area contributed by atoms with Gasteiger partial charge in [-0.25, -0.2) is 0 Å². The van der Waals surface area contributed by atoms with Gasteiger partial charge in [0.15, 0.2) is 6.04 Å². The second-order valence-electron chi connectivity index (χ2n) is 7.76. The normalized spacial score (nSPS) is 32.7. The van der Waals surface area contributed by atoms with Crippen molar-refractivity contribution in [1.29, 1.82) is 0 Å². The lowest BCUT2D eigenvalue weighted by molar-refractivity contribution is -0.965. The maximum atomic E-state index is 12.7. The number of hydrogen-bond acceptors (Lipinski definition) is 1. The number of carbonyl (C=O) groups is 1. The Balaban J connectivity index is 1.46. The minimum absolute atomic E-state index is 0.176. The Morgan fingerprint density at radius 2 is 1.50 bits per heavy atom. The lowest BCUT2D eigenvalue weighted by Crippen LogP contribution is -3.22. The van der Waals surface area contributed by atoms with Crippen LogP contribution in [0.25, 0.3) is 0 Å². The number of rotatable bonds is 3. The van der Waals surface area contributed by atoms with Gasteiger partial charge in [0.25, 0.3) is 5.91 Å². The van der Waals surface area contributed by atoms with Gasteiger partial charge in [-0.05, 0) is 45.4 Å². The quantitative estimate of drug-likeness (QED) is 0.723. The summed E-state index contributed by atoms with van der Waals surface area (Å²) >= 11 is 0. The summed E-state index contributed by atoms with van der Waals surface area (Å²) < 4.78 is 0. The van der Waals surface area contributed by atoms with Gasteiger partial charge in [0.2, 0.25) is 0 Å². The van der Waals surface area contributed by atoms with Crippen LogP contribution in [0.4, 0.5) is 0 Å². The van der Waals surface area contributed by atoms with Gasteiger partial charge in [0.1, 0.15) is 0 Å². The van der Waals surface area contributed by atoms with Crippen LogP contribution >= 0.6 is 0 Å². The SMILES string of the molecule is C[C@@H](C(=O)N1CCCCC1)[NH+]1CCC([NH+]2CCCCC2)CC1. The fourth-order valence-electron chi connectivity index (χ4n) is 4.81. The van der Waals surface area contributed by atoms with Gasteiger partial charge in [-0.15, -0.1) is 0 Å². The Hall–Kier alpha value is -0.610. The molecule has 0 unspecified atom stereocenters. The van der Waals surface area contributed by atoms with Gasteiger partial charge >= 0.3 is 0 Å². The molecule has 3 rings (SSSR count). The zero-order valence-corrected chi connectivity index (χ0v) is 14.4. The maximum Gasteiger partial charge on any atom is 0.280 e. The third kappa shape index (κ3) is 3.83. The van der Waals surface area contributed by atoms with E-state index < -0.39 is 0 Å². The molecule has 0 aromatic carbocycles. The Morgan fingerprint density at radius 1 is 0.909 bits per heavy atom. The predicted octanol–water partition coefficient (Wildman–Crippen LogP) is -0.496. The summed E-state index contributed by atoms with van der Waals surface area (Å²) in [5.74, 6) is 0.415. The van der Waals surface area contributed by atoms with Gasteiger partial charge in [0, 0.05) is 25.9 Å². The first-order chi connectivity index (χ1) is 10.8. The number of amides is 1. The highest BCUT2D eigenvalue weighted by Crippen LogP contribution is 2.10. The molecule has 126 valence electrons. The molecule has 0 spiro atoms. The molecule has 1 amide bonds. The highest BCUT2D eigenvalue weighted by Gasteiger charge is 2.36. The molecule has 22 heavy (non-hydrogen) atoms. The van der Waals surface area contributed by atoms with E-state index in [9.17, 15) is 4.79 Å². The van der Waals surface area contributed by atoms with Gasteiger partial charge in [-0.2, -0.15) is 0 Å². The van der Waals surface area contributed by atoms with Crippen molar-refractivity contribution in [1.82, 2.24) is 4.90 Å². The molecule has 3 saturated heterocycles. The zero-order chi connectivity index (χ0) is 15.4. The number of piperidine rings is 3. The van der Waals surface area contributed by atoms with E-state index in [4.69, 9.17) is 0 Å². The molecule has 3 aliphatic heterocycles. The highest BCUT2D eigenvalue weighted by atomic mass is 16.2. The van der Waals surface area contributed by atoms with E-state index in [1.165, 1.54) is 77.5 Å². The van der Waals surface area contributed by atoms with E-state index in [1.54, 1.807) is 4.90 Å². The number of carbonyl (C=O) groups excluding carboxylic acids is 1. The zero-order valence-electron chi connectivity index (χ0n) is 14.4. The number of nitrogens with one attached hydrogen (secondary N) is 2. The van der Waals surface area contributed by atoms with Crippen molar-refractivity contribution >= 4 is 5.91 Å². The number of quaternary nitrogens is 2. The van der Waals surface area contributed by atoms with Crippen molar-refractivity contribution < 1.29 is 14.6 Å². The van der Waals surface area contributed by atoms with Crippen LogP contribution in [-0.2, 0) is 4.79 Å². The van der Waals surface area contributed by atoms with Crippen LogP contribution in [0, 0.1) is 0 Å². The molecule has 0 aromatic rings. The first-order valence-corrected chi connectivity index (χ1v) is 9.73. The van der Waals surface area contributed by atoms with Crippen LogP contribution < -0.4 is 9.80 Å². The number of likely N-dealkylation sites (tertiary alicyclic amines) is 3. The van der Waals surface area contributed by atoms with Gasteiger partial charge in [0.05, 0.1) is 32.2 Å². The molecular formula is C18H35N3O+2. The van der Waals surface area contributed by atoms with Crippen LogP contribution in [0.3, 0.4) is 0 Å². The average molecular weight is 309 g/mol. The van der Waals surface area contributed by atoms with E-state index in [1.807, 2.05) is 4.90 Å². The largest absolute Gasteiger partial charge is 0.338 e. The molecule has 1 atom stereocenters. The summed E-state index contributed by atoms with van der Waals surface area (Å²) in [5.41, 5.74) is 0. The summed E-state index contributed by atoms with van der Waals surface area (Å²) in [7, 11) is 0. The highest BCUT2D eigenvalue weighted by molar-refractivity contribution is 5.80. The van der Waals surface area contributed by atoms with Crippen LogP contribution in [0.2, 0.25) is 0 Å². The van der Waals surface area contributed by atoms with Crippen molar-refractivity contribution in [2.45, 2.75) is 70.4 Å². The van der Waals surface area contributed by atoms with E-state index in [0.29, 0.717) is 5.91 Å². The topological polar surface area (TPSA) is 29.2 Å². The third-order valence-electron chi connectivity index (χ3n) is 6.35. The third-order valence-corrected chi connectivity index (χ3v) is 6.35. The molecule has 0 saturated carbocycles. The fraction of sp³-hybridized carbons (Fsp3) is 0.944. The standard InChI is InChI=1S/C18H33N3O/c1-16(18(22)21-12-6-3-7-13-21)19-14-8-17(9-15-19)20-10-4-2-5-11-20/h16-17H,2-15H2,1H3/p+2/t16-/m0/s1. The Morgan fingerprint density at radius 3 is 2.14 bits per heavy atom. The number of nitrogens with zero attached hydrogens (tertiary/aromatic N) is 1. The monoisotopic (exact) mass is 309 g/mol. The molecule has 0 bridgehead atoms. The molecule has 0 aromatic heterocycles. The molecule has 3 aliphatic rings. The van der Waals surface area contributed by atoms with E-state index >= 15 is 0 Å². The minimum Gasteiger partial charge on any atom is -0.338 e. The summed E-state index contributed by atoms with van der Waals surface area (Å²) in [6.45, 7) is 9.35. The molecule has 4 nitrogen and oxygen atoms in total. The lowest BCUT2D eigenvalue weighted by atomic mass is 9.98. The molecule has 4 heteroatoms. The van der Waals surface area contributed by atoms with Crippen molar-refractivity contribution in [3.8, 4) is 0 Å².